The number of halogens is 3. The number of alkyl halides is 3. The molecule has 0 aliphatic carbocycles. The van der Waals surface area contributed by atoms with Crippen LogP contribution in [0.25, 0.3) is 5.69 Å². The van der Waals surface area contributed by atoms with E-state index >= 15 is 0 Å². The van der Waals surface area contributed by atoms with Crippen LogP contribution in [0.1, 0.15) is 16.8 Å². The van der Waals surface area contributed by atoms with Gasteiger partial charge >= 0.3 is 12.1 Å². The van der Waals surface area contributed by atoms with Crippen LogP contribution in [0.3, 0.4) is 0 Å². The Balaban J connectivity index is 1.62. The summed E-state index contributed by atoms with van der Waals surface area (Å²) in [6, 6.07) is 10.0. The Labute approximate surface area is 168 Å². The van der Waals surface area contributed by atoms with E-state index in [1.807, 2.05) is 19.1 Å². The Kier molecular flexibility index (Phi) is 6.12. The molecular weight excluding hydrogens is 407 g/mol. The summed E-state index contributed by atoms with van der Waals surface area (Å²) in [6.07, 6.45) is -2.83. The Morgan fingerprint density at radius 2 is 1.93 bits per heavy atom. The van der Waals surface area contributed by atoms with Crippen molar-refractivity contribution < 1.29 is 27.8 Å². The molecule has 10 heteroatoms. The Hall–Kier alpha value is -3.01. The molecule has 0 bridgehead atoms. The van der Waals surface area contributed by atoms with Crippen molar-refractivity contribution in [2.75, 3.05) is 6.61 Å². The van der Waals surface area contributed by atoms with Gasteiger partial charge in [-0.05, 0) is 55.0 Å². The molecule has 0 saturated carbocycles. The Bertz CT molecular complexity index is 1000. The second kappa shape index (κ2) is 8.56. The van der Waals surface area contributed by atoms with Crippen LogP contribution in [-0.4, -0.2) is 32.7 Å². The zero-order valence-corrected chi connectivity index (χ0v) is 16.0. The monoisotopic (exact) mass is 423 g/mol. The number of aryl methyl sites for hydroxylation is 1. The highest BCUT2D eigenvalue weighted by Crippen LogP contribution is 2.30. The molecule has 2 aromatic carbocycles. The molecule has 3 rings (SSSR count). The van der Waals surface area contributed by atoms with Crippen molar-refractivity contribution in [1.82, 2.24) is 15.0 Å². The third-order valence-corrected chi connectivity index (χ3v) is 4.88. The van der Waals surface area contributed by atoms with Gasteiger partial charge in [-0.15, -0.1) is 11.8 Å². The molecule has 1 heterocycles. The minimum absolute atomic E-state index is 0.402. The lowest BCUT2D eigenvalue weighted by molar-refractivity contribution is -0.139. The number of carboxylic acid groups (broad SMARTS) is 1. The van der Waals surface area contributed by atoms with Crippen molar-refractivity contribution in [3.05, 3.63) is 65.5 Å². The van der Waals surface area contributed by atoms with E-state index in [1.54, 1.807) is 12.3 Å². The lowest BCUT2D eigenvalue weighted by atomic mass is 10.2. The van der Waals surface area contributed by atoms with Gasteiger partial charge in [0.2, 0.25) is 0 Å². The van der Waals surface area contributed by atoms with Gasteiger partial charge in [0, 0.05) is 10.6 Å². The van der Waals surface area contributed by atoms with Crippen molar-refractivity contribution in [2.45, 2.75) is 23.7 Å². The van der Waals surface area contributed by atoms with E-state index in [2.05, 4.69) is 10.2 Å². The highest BCUT2D eigenvalue weighted by Gasteiger charge is 2.30. The first-order valence-corrected chi connectivity index (χ1v) is 9.38. The smallest absolute Gasteiger partial charge is 0.416 e. The highest BCUT2D eigenvalue weighted by atomic mass is 32.2. The number of nitrogens with zero attached hydrogens (tertiary/aromatic N) is 3. The summed E-state index contributed by atoms with van der Waals surface area (Å²) in [5.41, 5.74) is 1.18. The summed E-state index contributed by atoms with van der Waals surface area (Å²) >= 11 is 1.50. The summed E-state index contributed by atoms with van der Waals surface area (Å²) in [4.78, 5) is 12.8. The fourth-order valence-corrected chi connectivity index (χ4v) is 3.31. The van der Waals surface area contributed by atoms with Gasteiger partial charge < -0.3 is 9.84 Å². The first-order chi connectivity index (χ1) is 13.7. The average Bonchev–Trinajstić information content (AvgIpc) is 3.14. The maximum Gasteiger partial charge on any atom is 0.416 e. The maximum atomic E-state index is 12.6. The van der Waals surface area contributed by atoms with E-state index in [1.165, 1.54) is 28.7 Å². The average molecular weight is 423 g/mol. The van der Waals surface area contributed by atoms with E-state index in [0.717, 1.165) is 22.6 Å². The fourth-order valence-electron chi connectivity index (χ4n) is 2.44. The molecule has 29 heavy (non-hydrogen) atoms. The van der Waals surface area contributed by atoms with Crippen LogP contribution in [0.4, 0.5) is 13.2 Å². The lowest BCUT2D eigenvalue weighted by Crippen LogP contribution is -2.09. The van der Waals surface area contributed by atoms with Gasteiger partial charge in [-0.2, -0.15) is 28.2 Å². The SMILES string of the molecule is Cc1cc(SCc2cnn(-c3ccc(C(F)(F)F)cc3)n2)ccc1OCC(=O)O. The molecule has 0 fully saturated rings. The van der Waals surface area contributed by atoms with Gasteiger partial charge in [-0.1, -0.05) is 0 Å². The molecule has 1 aromatic heterocycles. The molecule has 6 nitrogen and oxygen atoms in total. The minimum Gasteiger partial charge on any atom is -0.482 e. The molecular formula is C19H16F3N3O3S. The molecule has 0 spiro atoms. The number of ether oxygens (including phenoxy) is 1. The van der Waals surface area contributed by atoms with Crippen molar-refractivity contribution in [3.63, 3.8) is 0 Å². The number of hydrogen-bond donors (Lipinski definition) is 1. The number of carboxylic acids is 1. The minimum atomic E-state index is -4.38. The van der Waals surface area contributed by atoms with Gasteiger partial charge in [-0.3, -0.25) is 0 Å². The number of carbonyl (C=O) groups is 1. The van der Waals surface area contributed by atoms with Gasteiger partial charge in [0.1, 0.15) is 5.75 Å². The van der Waals surface area contributed by atoms with E-state index in [4.69, 9.17) is 9.84 Å². The third kappa shape index (κ3) is 5.50. The number of aromatic nitrogens is 3. The van der Waals surface area contributed by atoms with Crippen LogP contribution in [-0.2, 0) is 16.7 Å². The van der Waals surface area contributed by atoms with Gasteiger partial charge in [0.15, 0.2) is 6.61 Å². The quantitative estimate of drug-likeness (QED) is 0.570. The first-order valence-electron chi connectivity index (χ1n) is 8.39. The Morgan fingerprint density at radius 1 is 1.21 bits per heavy atom. The number of hydrogen-bond acceptors (Lipinski definition) is 5. The first kappa shape index (κ1) is 20.7. The third-order valence-electron chi connectivity index (χ3n) is 3.85. The molecule has 3 aromatic rings. The van der Waals surface area contributed by atoms with Crippen LogP contribution in [0.2, 0.25) is 0 Å². The van der Waals surface area contributed by atoms with Crippen LogP contribution in [0, 0.1) is 6.92 Å². The summed E-state index contributed by atoms with van der Waals surface area (Å²) in [5.74, 6) is -0.0286. The zero-order valence-electron chi connectivity index (χ0n) is 15.2. The number of aliphatic carboxylic acids is 1. The molecule has 0 aliphatic heterocycles. The van der Waals surface area contributed by atoms with Crippen molar-refractivity contribution >= 4 is 17.7 Å². The second-order valence-corrected chi connectivity index (χ2v) is 7.12. The molecule has 0 radical (unpaired) electrons. The van der Waals surface area contributed by atoms with Crippen LogP contribution in [0.5, 0.6) is 5.75 Å². The van der Waals surface area contributed by atoms with Crippen LogP contribution in [0.15, 0.2) is 53.6 Å². The molecule has 0 unspecified atom stereocenters. The summed E-state index contributed by atoms with van der Waals surface area (Å²) in [5, 5.41) is 17.1. The zero-order chi connectivity index (χ0) is 21.0. The van der Waals surface area contributed by atoms with Gasteiger partial charge in [-0.25, -0.2) is 4.79 Å². The molecule has 152 valence electrons. The standard InChI is InChI=1S/C19H16F3N3O3S/c1-12-8-16(6-7-17(12)28-10-18(26)27)29-11-14-9-23-25(24-14)15-4-2-13(3-5-15)19(20,21)22/h2-9H,10-11H2,1H3,(H,26,27). The molecule has 1 N–H and O–H groups in total. The highest BCUT2D eigenvalue weighted by molar-refractivity contribution is 7.98. The molecule has 0 aliphatic rings. The van der Waals surface area contributed by atoms with Crippen LogP contribution >= 0.6 is 11.8 Å². The van der Waals surface area contributed by atoms with Crippen molar-refractivity contribution in [3.8, 4) is 11.4 Å². The molecule has 0 saturated heterocycles. The number of thioether (sulfide) groups is 1. The van der Waals surface area contributed by atoms with Crippen molar-refractivity contribution in [2.24, 2.45) is 0 Å². The predicted molar refractivity (Wildman–Crippen MR) is 100 cm³/mol. The topological polar surface area (TPSA) is 77.2 Å². The van der Waals surface area contributed by atoms with Gasteiger partial charge in [0.25, 0.3) is 0 Å². The van der Waals surface area contributed by atoms with E-state index < -0.39 is 24.3 Å². The number of rotatable bonds is 7. The summed E-state index contributed by atoms with van der Waals surface area (Å²) in [6.45, 7) is 1.42. The van der Waals surface area contributed by atoms with Crippen molar-refractivity contribution in [1.29, 1.82) is 0 Å². The summed E-state index contributed by atoms with van der Waals surface area (Å²) < 4.78 is 43.1. The van der Waals surface area contributed by atoms with Gasteiger partial charge in [0.05, 0.1) is 23.1 Å². The van der Waals surface area contributed by atoms with E-state index in [9.17, 15) is 18.0 Å². The maximum absolute atomic E-state index is 12.6. The summed E-state index contributed by atoms with van der Waals surface area (Å²) in [7, 11) is 0. The largest absolute Gasteiger partial charge is 0.482 e. The predicted octanol–water partition coefficient (Wildman–Crippen LogP) is 4.35. The Morgan fingerprint density at radius 3 is 2.55 bits per heavy atom. The van der Waals surface area contributed by atoms with E-state index in [0.29, 0.717) is 22.9 Å². The van der Waals surface area contributed by atoms with Crippen LogP contribution < -0.4 is 4.74 Å². The second-order valence-electron chi connectivity index (χ2n) is 6.07. The fraction of sp³-hybridized carbons (Fsp3) is 0.211. The number of benzene rings is 2. The van der Waals surface area contributed by atoms with E-state index in [-0.39, 0.29) is 0 Å². The molecule has 0 atom stereocenters. The lowest BCUT2D eigenvalue weighted by Gasteiger charge is -2.08. The molecule has 0 amide bonds. The normalized spacial score (nSPS) is 11.4.